The second-order valence-corrected chi connectivity index (χ2v) is 7.18. The molecular formula is C14H9N3O2S3. The first-order valence-corrected chi connectivity index (χ1v) is 8.25. The Kier molecular flexibility index (Phi) is 4.32. The van der Waals surface area contributed by atoms with E-state index in [4.69, 9.17) is 12.2 Å². The Bertz CT molecular complexity index is 857. The lowest BCUT2D eigenvalue weighted by molar-refractivity contribution is -0.384. The highest BCUT2D eigenvalue weighted by atomic mass is 32.2. The van der Waals surface area contributed by atoms with Gasteiger partial charge in [-0.15, -0.1) is 5.10 Å². The first-order chi connectivity index (χ1) is 10.6. The van der Waals surface area contributed by atoms with Gasteiger partial charge in [-0.05, 0) is 36.5 Å². The molecule has 0 unspecified atom stereocenters. The molecule has 3 rings (SSSR count). The van der Waals surface area contributed by atoms with Gasteiger partial charge in [0.25, 0.3) is 5.69 Å². The van der Waals surface area contributed by atoms with Gasteiger partial charge in [0.1, 0.15) is 0 Å². The van der Waals surface area contributed by atoms with Gasteiger partial charge < -0.3 is 0 Å². The molecule has 8 heteroatoms. The molecule has 0 radical (unpaired) electrons. The number of nitrogens with zero attached hydrogens (tertiary/aromatic N) is 3. The maximum absolute atomic E-state index is 10.6. The first kappa shape index (κ1) is 14.9. The monoisotopic (exact) mass is 347 g/mol. The maximum atomic E-state index is 10.6. The van der Waals surface area contributed by atoms with Crippen molar-refractivity contribution in [3.63, 3.8) is 0 Å². The van der Waals surface area contributed by atoms with Crippen LogP contribution in [0.2, 0.25) is 0 Å². The molecule has 0 amide bonds. The lowest BCUT2D eigenvalue weighted by atomic mass is 10.3. The van der Waals surface area contributed by atoms with Gasteiger partial charge >= 0.3 is 0 Å². The fourth-order valence-corrected chi connectivity index (χ4v) is 4.11. The lowest BCUT2D eigenvalue weighted by Gasteiger charge is -1.99. The van der Waals surface area contributed by atoms with Crippen LogP contribution in [0.15, 0.2) is 63.8 Å². The molecule has 22 heavy (non-hydrogen) atoms. The van der Waals surface area contributed by atoms with Crippen molar-refractivity contribution in [2.45, 2.75) is 9.24 Å². The summed E-state index contributed by atoms with van der Waals surface area (Å²) >= 11 is 8.19. The van der Waals surface area contributed by atoms with Gasteiger partial charge in [-0.3, -0.25) is 10.1 Å². The van der Waals surface area contributed by atoms with Gasteiger partial charge in [0.05, 0.1) is 10.6 Å². The Balaban J connectivity index is 1.85. The molecule has 5 nitrogen and oxygen atoms in total. The van der Waals surface area contributed by atoms with Gasteiger partial charge in [0.15, 0.2) is 8.29 Å². The maximum Gasteiger partial charge on any atom is 0.269 e. The summed E-state index contributed by atoms with van der Waals surface area (Å²) in [6.07, 6.45) is 0. The van der Waals surface area contributed by atoms with Gasteiger partial charge in [0.2, 0.25) is 0 Å². The van der Waals surface area contributed by atoms with Crippen LogP contribution in [0.4, 0.5) is 5.69 Å². The number of non-ortho nitro benzene ring substituents is 1. The van der Waals surface area contributed by atoms with E-state index in [-0.39, 0.29) is 5.69 Å². The van der Waals surface area contributed by atoms with E-state index in [1.165, 1.54) is 35.2 Å². The third kappa shape index (κ3) is 3.24. The number of hydrogen-bond acceptors (Lipinski definition) is 6. The van der Waals surface area contributed by atoms with Gasteiger partial charge in [0, 0.05) is 17.0 Å². The Morgan fingerprint density at radius 3 is 2.45 bits per heavy atom. The fraction of sp³-hybridized carbons (Fsp3) is 0. The molecule has 0 bridgehead atoms. The van der Waals surface area contributed by atoms with Crippen LogP contribution < -0.4 is 0 Å². The molecule has 0 aliphatic rings. The molecule has 1 aromatic heterocycles. The Hall–Kier alpha value is -2.03. The fourth-order valence-electron chi connectivity index (χ4n) is 1.77. The predicted octanol–water partition coefficient (Wildman–Crippen LogP) is 4.72. The molecule has 3 aromatic rings. The van der Waals surface area contributed by atoms with Crippen LogP contribution in [-0.4, -0.2) is 14.7 Å². The molecule has 1 heterocycles. The largest absolute Gasteiger partial charge is 0.269 e. The summed E-state index contributed by atoms with van der Waals surface area (Å²) in [7, 11) is 0. The molecule has 0 atom stereocenters. The summed E-state index contributed by atoms with van der Waals surface area (Å²) in [5.41, 5.74) is 0.992. The van der Waals surface area contributed by atoms with Crippen molar-refractivity contribution in [2.75, 3.05) is 0 Å². The molecule has 0 saturated carbocycles. The Morgan fingerprint density at radius 2 is 1.82 bits per heavy atom. The van der Waals surface area contributed by atoms with Crippen molar-refractivity contribution in [2.24, 2.45) is 0 Å². The van der Waals surface area contributed by atoms with Gasteiger partial charge in [-0.1, -0.05) is 41.3 Å². The number of nitro groups is 1. The minimum atomic E-state index is -0.414. The van der Waals surface area contributed by atoms with Crippen molar-refractivity contribution in [1.29, 1.82) is 0 Å². The van der Waals surface area contributed by atoms with Crippen LogP contribution in [0.5, 0.6) is 0 Å². The quantitative estimate of drug-likeness (QED) is 0.388. The summed E-state index contributed by atoms with van der Waals surface area (Å²) < 4.78 is 3.17. The Labute approximate surface area is 139 Å². The van der Waals surface area contributed by atoms with E-state index in [9.17, 15) is 10.1 Å². The second-order valence-electron chi connectivity index (χ2n) is 4.23. The van der Waals surface area contributed by atoms with E-state index >= 15 is 0 Å². The summed E-state index contributed by atoms with van der Waals surface area (Å²) in [6.45, 7) is 0. The molecule has 2 aromatic carbocycles. The van der Waals surface area contributed by atoms with E-state index in [2.05, 4.69) is 5.10 Å². The average Bonchev–Trinajstić information content (AvgIpc) is 2.89. The second kappa shape index (κ2) is 6.39. The molecule has 0 aliphatic heterocycles. The lowest BCUT2D eigenvalue weighted by Crippen LogP contribution is -1.95. The highest BCUT2D eigenvalue weighted by Gasteiger charge is 2.09. The van der Waals surface area contributed by atoms with Crippen LogP contribution >= 0.6 is 35.3 Å². The zero-order valence-electron chi connectivity index (χ0n) is 11.1. The zero-order valence-corrected chi connectivity index (χ0v) is 13.5. The number of nitro benzene ring substituents is 1. The van der Waals surface area contributed by atoms with Crippen LogP contribution in [0.1, 0.15) is 0 Å². The van der Waals surface area contributed by atoms with Crippen molar-refractivity contribution in [3.8, 4) is 5.69 Å². The van der Waals surface area contributed by atoms with E-state index in [1.54, 1.807) is 16.8 Å². The minimum Gasteiger partial charge on any atom is -0.258 e. The third-order valence-electron chi connectivity index (χ3n) is 2.78. The molecule has 110 valence electrons. The van der Waals surface area contributed by atoms with Gasteiger partial charge in [-0.2, -0.15) is 0 Å². The number of benzene rings is 2. The third-order valence-corrected chi connectivity index (χ3v) is 5.07. The zero-order chi connectivity index (χ0) is 15.5. The highest BCUT2D eigenvalue weighted by molar-refractivity contribution is 8.01. The van der Waals surface area contributed by atoms with Crippen molar-refractivity contribution in [3.05, 3.63) is 68.7 Å². The van der Waals surface area contributed by atoms with Crippen molar-refractivity contribution >= 4 is 41.0 Å². The van der Waals surface area contributed by atoms with Gasteiger partial charge in [-0.25, -0.2) is 4.68 Å². The summed E-state index contributed by atoms with van der Waals surface area (Å²) in [4.78, 5) is 11.1. The Morgan fingerprint density at radius 1 is 1.14 bits per heavy atom. The van der Waals surface area contributed by atoms with E-state index in [1.807, 2.05) is 30.3 Å². The molecular weight excluding hydrogens is 338 g/mol. The average molecular weight is 347 g/mol. The molecule has 0 N–H and O–H groups in total. The van der Waals surface area contributed by atoms with E-state index in [0.717, 1.165) is 14.9 Å². The van der Waals surface area contributed by atoms with Crippen LogP contribution in [0, 0.1) is 14.1 Å². The highest BCUT2D eigenvalue weighted by Crippen LogP contribution is 2.31. The molecule has 0 fully saturated rings. The van der Waals surface area contributed by atoms with E-state index in [0.29, 0.717) is 3.95 Å². The molecule has 0 saturated heterocycles. The van der Waals surface area contributed by atoms with Crippen molar-refractivity contribution in [1.82, 2.24) is 9.78 Å². The molecule has 0 aliphatic carbocycles. The first-order valence-electron chi connectivity index (χ1n) is 6.21. The standard InChI is InChI=1S/C14H9N3O2S3/c18-17(19)11-6-8-12(9-7-11)21-13-15-16(14(20)22-13)10-4-2-1-3-5-10/h1-9H. The normalized spacial score (nSPS) is 10.5. The summed E-state index contributed by atoms with van der Waals surface area (Å²) in [5, 5.41) is 15.1. The number of rotatable bonds is 4. The molecule has 0 spiro atoms. The van der Waals surface area contributed by atoms with Crippen LogP contribution in [0.3, 0.4) is 0 Å². The van der Waals surface area contributed by atoms with Crippen LogP contribution in [0.25, 0.3) is 5.69 Å². The predicted molar refractivity (Wildman–Crippen MR) is 89.5 cm³/mol. The summed E-state index contributed by atoms with van der Waals surface area (Å²) in [6, 6.07) is 16.1. The topological polar surface area (TPSA) is 61.0 Å². The number of aromatic nitrogens is 2. The minimum absolute atomic E-state index is 0.0757. The van der Waals surface area contributed by atoms with Crippen molar-refractivity contribution < 1.29 is 4.92 Å². The SMILES string of the molecule is O=[N+]([O-])c1ccc(Sc2nn(-c3ccccc3)c(=S)s2)cc1. The summed E-state index contributed by atoms with van der Waals surface area (Å²) in [5.74, 6) is 0. The van der Waals surface area contributed by atoms with Crippen LogP contribution in [-0.2, 0) is 0 Å². The smallest absolute Gasteiger partial charge is 0.258 e. The van der Waals surface area contributed by atoms with E-state index < -0.39 is 4.92 Å². The number of para-hydroxylation sites is 1. The number of hydrogen-bond donors (Lipinski definition) is 0.